The zero-order valence-corrected chi connectivity index (χ0v) is 24.5. The van der Waals surface area contributed by atoms with E-state index in [1.165, 1.54) is 33.4 Å². The van der Waals surface area contributed by atoms with Gasteiger partial charge >= 0.3 is 12.5 Å². The average molecular weight is 509 g/mol. The van der Waals surface area contributed by atoms with Gasteiger partial charge in [0.1, 0.15) is 8.24 Å². The van der Waals surface area contributed by atoms with E-state index in [9.17, 15) is 0 Å². The van der Waals surface area contributed by atoms with Crippen LogP contribution in [0.5, 0.6) is 0 Å². The van der Waals surface area contributed by atoms with Crippen LogP contribution < -0.4 is 15.8 Å². The maximum Gasteiger partial charge on any atom is 0.409 e. The van der Waals surface area contributed by atoms with Gasteiger partial charge in [-0.05, 0) is 64.6 Å². The van der Waals surface area contributed by atoms with Gasteiger partial charge in [0.05, 0.1) is 0 Å². The molecule has 0 atom stereocenters. The van der Waals surface area contributed by atoms with E-state index in [0.717, 1.165) is 16.6 Å². The normalized spacial score (nSPS) is 11.6. The summed E-state index contributed by atoms with van der Waals surface area (Å²) in [5.74, 6) is 0. The maximum absolute atomic E-state index is 7.46. The number of benzene rings is 3. The van der Waals surface area contributed by atoms with Gasteiger partial charge in [0, 0.05) is 5.69 Å². The summed E-state index contributed by atoms with van der Waals surface area (Å²) in [6.45, 7) is 19.9. The number of aryl methyl sites for hydroxylation is 6. The summed E-state index contributed by atoms with van der Waals surface area (Å²) in [6.07, 6.45) is -0.748. The molecule has 178 valence electrons. The van der Waals surface area contributed by atoms with E-state index in [-0.39, 0.29) is 6.26 Å². The van der Waals surface area contributed by atoms with Crippen molar-refractivity contribution in [3.05, 3.63) is 88.0 Å². The van der Waals surface area contributed by atoms with Crippen molar-refractivity contribution >= 4 is 60.3 Å². The zero-order valence-electron chi connectivity index (χ0n) is 22.0. The minimum Gasteiger partial charge on any atom is -0.343 e. The van der Waals surface area contributed by atoms with Crippen LogP contribution in [-0.4, -0.2) is 25.3 Å². The third-order valence-corrected chi connectivity index (χ3v) is 9.14. The van der Waals surface area contributed by atoms with Gasteiger partial charge in [0.25, 0.3) is 0 Å². The number of para-hydroxylation sites is 1. The summed E-state index contributed by atoms with van der Waals surface area (Å²) < 4.78 is 2.38. The summed E-state index contributed by atoms with van der Waals surface area (Å²) in [6, 6.07) is 19.3. The quantitative estimate of drug-likeness (QED) is 0.260. The molecule has 0 bridgehead atoms. The third kappa shape index (κ3) is 5.59. The summed E-state index contributed by atoms with van der Waals surface area (Å²) in [7, 11) is -2.04. The van der Waals surface area contributed by atoms with Crippen LogP contribution in [0.4, 0.5) is 5.69 Å². The number of nitrogens with zero attached hydrogens (tertiary/aromatic N) is 2. The van der Waals surface area contributed by atoms with Crippen LogP contribution >= 0.6 is 22.9 Å². The van der Waals surface area contributed by atoms with E-state index in [2.05, 4.69) is 119 Å². The summed E-state index contributed by atoms with van der Waals surface area (Å²) >= 11 is 14.9. The van der Waals surface area contributed by atoms with Crippen LogP contribution in [0, 0.1) is 41.5 Å². The van der Waals surface area contributed by atoms with Gasteiger partial charge in [-0.25, -0.2) is 0 Å². The van der Waals surface area contributed by atoms with E-state index in [0.29, 0.717) is 0 Å². The molecule has 0 aliphatic heterocycles. The van der Waals surface area contributed by atoms with Crippen molar-refractivity contribution < 1.29 is 0 Å². The first kappa shape index (κ1) is 26.9. The molecule has 34 heavy (non-hydrogen) atoms. The molecular formula is C27H36B2Cl2N2Si. The number of hydrogen-bond acceptors (Lipinski definition) is 2. The molecule has 0 aromatic heterocycles. The number of anilines is 1. The smallest absolute Gasteiger partial charge is 0.343 e. The Hall–Kier alpha value is -1.65. The van der Waals surface area contributed by atoms with Gasteiger partial charge in [-0.3, -0.25) is 4.59 Å². The number of rotatable bonds is 7. The molecule has 0 saturated carbocycles. The monoisotopic (exact) mass is 508 g/mol. The first-order valence-electron chi connectivity index (χ1n) is 11.9. The fraction of sp³-hybridized carbons (Fsp3) is 0.333. The topological polar surface area (TPSA) is 6.48 Å². The Labute approximate surface area is 218 Å². The minimum absolute atomic E-state index is 0.347. The lowest BCUT2D eigenvalue weighted by atomic mass is 9.71. The van der Waals surface area contributed by atoms with Gasteiger partial charge < -0.3 is 4.92 Å². The van der Waals surface area contributed by atoms with Crippen molar-refractivity contribution in [2.45, 2.75) is 61.2 Å². The molecule has 0 amide bonds. The number of halogens is 2. The van der Waals surface area contributed by atoms with Crippen LogP contribution in [-0.2, 0) is 0 Å². The Morgan fingerprint density at radius 1 is 0.618 bits per heavy atom. The highest BCUT2D eigenvalue weighted by Gasteiger charge is 2.44. The molecule has 0 fully saturated rings. The number of hydrazine groups is 1. The molecule has 3 aromatic rings. The standard InChI is InChI=1S/C27H36B2Cl2N2Si/c1-19-15-21(3)26(22(4)16-19)28(30)32(25-13-11-10-12-14-25)33(34(7,8)9)29(31)27-23(5)17-20(2)18-24(27)6/h10-18H,1-9H3. The largest absolute Gasteiger partial charge is 0.409 e. The van der Waals surface area contributed by atoms with Crippen molar-refractivity contribution in [3.63, 3.8) is 0 Å². The van der Waals surface area contributed by atoms with E-state index < -0.39 is 14.5 Å². The molecule has 7 heteroatoms. The Morgan fingerprint density at radius 2 is 1.00 bits per heavy atom. The molecule has 0 aliphatic rings. The lowest BCUT2D eigenvalue weighted by Gasteiger charge is -2.48. The minimum atomic E-state index is -2.04. The molecule has 3 aromatic carbocycles. The lowest BCUT2D eigenvalue weighted by molar-refractivity contribution is 0.692. The van der Waals surface area contributed by atoms with Crippen LogP contribution in [0.3, 0.4) is 0 Å². The molecule has 0 heterocycles. The van der Waals surface area contributed by atoms with Crippen molar-refractivity contribution in [1.29, 1.82) is 0 Å². The van der Waals surface area contributed by atoms with E-state index in [1.807, 2.05) is 6.07 Å². The molecule has 2 nitrogen and oxygen atoms in total. The first-order valence-corrected chi connectivity index (χ1v) is 16.2. The SMILES string of the molecule is Cc1cc(C)c(B(Cl)N(c2ccccc2)N(B(Cl)c2c(C)cc(C)cc2C)[Si](C)(C)C)c(C)c1. The predicted molar refractivity (Wildman–Crippen MR) is 158 cm³/mol. The van der Waals surface area contributed by atoms with Gasteiger partial charge in [0.2, 0.25) is 0 Å². The fourth-order valence-electron chi connectivity index (χ4n) is 5.10. The Morgan fingerprint density at radius 3 is 1.38 bits per heavy atom. The second kappa shape index (κ2) is 10.5. The Kier molecular flexibility index (Phi) is 8.35. The number of hydrogen-bond donors (Lipinski definition) is 0. The van der Waals surface area contributed by atoms with Gasteiger partial charge in [-0.1, -0.05) is 95.5 Å². The Bertz CT molecular complexity index is 1120. The third-order valence-electron chi connectivity index (χ3n) is 6.32. The van der Waals surface area contributed by atoms with Gasteiger partial charge in [0.15, 0.2) is 0 Å². The molecule has 0 radical (unpaired) electrons. The van der Waals surface area contributed by atoms with Gasteiger partial charge in [-0.2, -0.15) is 22.9 Å². The maximum atomic E-state index is 7.46. The van der Waals surface area contributed by atoms with E-state index in [1.54, 1.807) is 0 Å². The first-order chi connectivity index (χ1) is 15.8. The molecule has 0 unspecified atom stereocenters. The van der Waals surface area contributed by atoms with Crippen molar-refractivity contribution in [2.75, 3.05) is 4.92 Å². The fourth-order valence-corrected chi connectivity index (χ4v) is 8.72. The van der Waals surface area contributed by atoms with Crippen molar-refractivity contribution in [1.82, 2.24) is 4.59 Å². The highest BCUT2D eigenvalue weighted by Crippen LogP contribution is 2.28. The molecular weight excluding hydrogens is 473 g/mol. The van der Waals surface area contributed by atoms with Crippen LogP contribution in [0.15, 0.2) is 54.6 Å². The van der Waals surface area contributed by atoms with Crippen LogP contribution in [0.1, 0.15) is 33.4 Å². The molecule has 0 aliphatic carbocycles. The summed E-state index contributed by atoms with van der Waals surface area (Å²) in [5, 5.41) is 0. The summed E-state index contributed by atoms with van der Waals surface area (Å²) in [5.41, 5.74) is 10.7. The van der Waals surface area contributed by atoms with Crippen LogP contribution in [0.25, 0.3) is 0 Å². The second-order valence-corrected chi connectivity index (χ2v) is 16.1. The van der Waals surface area contributed by atoms with E-state index >= 15 is 0 Å². The predicted octanol–water partition coefficient (Wildman–Crippen LogP) is 6.66. The van der Waals surface area contributed by atoms with Crippen molar-refractivity contribution in [2.24, 2.45) is 0 Å². The summed E-state index contributed by atoms with van der Waals surface area (Å²) in [4.78, 5) is 2.24. The highest BCUT2D eigenvalue weighted by atomic mass is 35.5. The Balaban J connectivity index is 2.26. The molecule has 3 rings (SSSR count). The zero-order chi connectivity index (χ0) is 25.4. The van der Waals surface area contributed by atoms with E-state index in [4.69, 9.17) is 22.9 Å². The van der Waals surface area contributed by atoms with Crippen molar-refractivity contribution in [3.8, 4) is 0 Å². The lowest BCUT2D eigenvalue weighted by Crippen LogP contribution is -2.70. The molecule has 0 spiro atoms. The second-order valence-electron chi connectivity index (χ2n) is 10.5. The van der Waals surface area contributed by atoms with Gasteiger partial charge in [-0.15, -0.1) is 0 Å². The molecule has 0 N–H and O–H groups in total. The van der Waals surface area contributed by atoms with Crippen LogP contribution in [0.2, 0.25) is 19.6 Å². The molecule has 0 saturated heterocycles. The highest BCUT2D eigenvalue weighted by molar-refractivity contribution is 7.20. The average Bonchev–Trinajstić information content (AvgIpc) is 2.69.